The highest BCUT2D eigenvalue weighted by molar-refractivity contribution is 7.89. The highest BCUT2D eigenvalue weighted by Crippen LogP contribution is 2.30. The van der Waals surface area contributed by atoms with Crippen LogP contribution in [0.3, 0.4) is 0 Å². The van der Waals surface area contributed by atoms with Gasteiger partial charge in [-0.1, -0.05) is 23.7 Å². The number of hydrogen-bond acceptors (Lipinski definition) is 4. The fourth-order valence-electron chi connectivity index (χ4n) is 2.24. The molecule has 136 valence electrons. The van der Waals surface area contributed by atoms with Gasteiger partial charge in [0, 0.05) is 16.6 Å². The van der Waals surface area contributed by atoms with Crippen LogP contribution in [0.25, 0.3) is 0 Å². The number of benzene rings is 2. The number of sulfonamides is 1. The minimum atomic E-state index is -3.76. The van der Waals surface area contributed by atoms with Crippen LogP contribution in [-0.2, 0) is 14.8 Å². The fraction of sp³-hybridized carbons (Fsp3) is 0.222. The summed E-state index contributed by atoms with van der Waals surface area (Å²) in [5.74, 6) is 0.180. The number of anilines is 1. The van der Waals surface area contributed by atoms with Crippen molar-refractivity contribution in [2.24, 2.45) is 11.0 Å². The Morgan fingerprint density at radius 1 is 1.08 bits per heavy atom. The Kier molecular flexibility index (Phi) is 5.29. The fourth-order valence-corrected chi connectivity index (χ4v) is 3.23. The molecule has 0 heterocycles. The maximum Gasteiger partial charge on any atom is 0.276 e. The van der Waals surface area contributed by atoms with Crippen LogP contribution in [0.4, 0.5) is 5.69 Å². The Bertz CT molecular complexity index is 935. The Balaban J connectivity index is 1.66. The Morgan fingerprint density at radius 3 is 2.27 bits per heavy atom. The van der Waals surface area contributed by atoms with Crippen molar-refractivity contribution in [2.45, 2.75) is 24.7 Å². The number of halogens is 1. The molecule has 1 fully saturated rings. The highest BCUT2D eigenvalue weighted by atomic mass is 35.5. The maximum absolute atomic E-state index is 12.2. The van der Waals surface area contributed by atoms with Crippen LogP contribution >= 0.6 is 11.6 Å². The van der Waals surface area contributed by atoms with E-state index in [1.165, 1.54) is 24.3 Å². The van der Waals surface area contributed by atoms with Crippen LogP contribution in [0.2, 0.25) is 5.02 Å². The standard InChI is InChI=1S/C18H18ClN3O3S/c1-12(21-22-26(24,25)17-10-6-15(19)7-11-17)13-4-8-16(9-5-13)20-18(23)14-2-3-14/h4-11,14,22H,2-3H2,1H3,(H,20,23)/b21-12-. The van der Waals surface area contributed by atoms with Crippen LogP contribution in [0.5, 0.6) is 0 Å². The van der Waals surface area contributed by atoms with Crippen LogP contribution < -0.4 is 10.1 Å². The lowest BCUT2D eigenvalue weighted by atomic mass is 10.1. The van der Waals surface area contributed by atoms with Crippen molar-refractivity contribution in [1.29, 1.82) is 0 Å². The minimum Gasteiger partial charge on any atom is -0.326 e. The van der Waals surface area contributed by atoms with Gasteiger partial charge in [0.1, 0.15) is 0 Å². The lowest BCUT2D eigenvalue weighted by Crippen LogP contribution is -2.20. The first-order valence-electron chi connectivity index (χ1n) is 8.08. The van der Waals surface area contributed by atoms with Gasteiger partial charge < -0.3 is 5.32 Å². The molecule has 2 aromatic carbocycles. The molecular weight excluding hydrogens is 374 g/mol. The summed E-state index contributed by atoms with van der Waals surface area (Å²) in [7, 11) is -3.76. The summed E-state index contributed by atoms with van der Waals surface area (Å²) in [5.41, 5.74) is 1.95. The molecule has 2 aromatic rings. The molecule has 26 heavy (non-hydrogen) atoms. The van der Waals surface area contributed by atoms with Gasteiger partial charge >= 0.3 is 0 Å². The number of nitrogens with zero attached hydrogens (tertiary/aromatic N) is 1. The van der Waals surface area contributed by atoms with Crippen molar-refractivity contribution < 1.29 is 13.2 Å². The van der Waals surface area contributed by atoms with Gasteiger partial charge in [-0.05, 0) is 61.7 Å². The molecule has 0 atom stereocenters. The van der Waals surface area contributed by atoms with Gasteiger partial charge in [-0.3, -0.25) is 4.79 Å². The summed E-state index contributed by atoms with van der Waals surface area (Å²) in [6, 6.07) is 12.9. The smallest absolute Gasteiger partial charge is 0.276 e. The molecule has 2 N–H and O–H groups in total. The molecular formula is C18H18ClN3O3S. The molecule has 0 saturated heterocycles. The zero-order valence-electron chi connectivity index (χ0n) is 14.1. The highest BCUT2D eigenvalue weighted by Gasteiger charge is 2.29. The largest absolute Gasteiger partial charge is 0.326 e. The summed E-state index contributed by atoms with van der Waals surface area (Å²) in [4.78, 5) is 14.0. The molecule has 1 amide bonds. The summed E-state index contributed by atoms with van der Waals surface area (Å²) < 4.78 is 24.4. The first-order valence-corrected chi connectivity index (χ1v) is 9.94. The molecule has 0 unspecified atom stereocenters. The summed E-state index contributed by atoms with van der Waals surface area (Å²) in [6.07, 6.45) is 1.90. The second-order valence-electron chi connectivity index (χ2n) is 6.09. The van der Waals surface area contributed by atoms with E-state index in [0.717, 1.165) is 18.4 Å². The van der Waals surface area contributed by atoms with Crippen molar-refractivity contribution in [1.82, 2.24) is 4.83 Å². The van der Waals surface area contributed by atoms with E-state index in [0.29, 0.717) is 16.4 Å². The summed E-state index contributed by atoms with van der Waals surface area (Å²) in [6.45, 7) is 1.70. The van der Waals surface area contributed by atoms with E-state index in [1.807, 2.05) is 0 Å². The number of carbonyl (C=O) groups is 1. The molecule has 1 aliphatic carbocycles. The maximum atomic E-state index is 12.2. The predicted molar refractivity (Wildman–Crippen MR) is 102 cm³/mol. The van der Waals surface area contributed by atoms with Gasteiger partial charge in [-0.2, -0.15) is 18.4 Å². The lowest BCUT2D eigenvalue weighted by Gasteiger charge is -2.07. The van der Waals surface area contributed by atoms with Crippen molar-refractivity contribution in [3.05, 3.63) is 59.1 Å². The molecule has 6 nitrogen and oxygen atoms in total. The average molecular weight is 392 g/mol. The number of carbonyl (C=O) groups excluding carboxylic acids is 1. The third-order valence-corrected chi connectivity index (χ3v) is 5.45. The SMILES string of the molecule is C/C(=N/NS(=O)(=O)c1ccc(Cl)cc1)c1ccc(NC(=O)C2CC2)cc1. The zero-order chi connectivity index (χ0) is 18.7. The van der Waals surface area contributed by atoms with E-state index in [1.54, 1.807) is 31.2 Å². The molecule has 0 spiro atoms. The second-order valence-corrected chi connectivity index (χ2v) is 8.18. The predicted octanol–water partition coefficient (Wildman–Crippen LogP) is 3.39. The number of hydrogen-bond donors (Lipinski definition) is 2. The Hall–Kier alpha value is -2.38. The first kappa shape index (κ1) is 18.4. The number of hydrazone groups is 1. The molecule has 0 aliphatic heterocycles. The van der Waals surface area contributed by atoms with E-state index >= 15 is 0 Å². The normalized spacial score (nSPS) is 14.8. The quantitative estimate of drug-likeness (QED) is 0.584. The van der Waals surface area contributed by atoms with Crippen LogP contribution in [0.1, 0.15) is 25.3 Å². The second kappa shape index (κ2) is 7.47. The van der Waals surface area contributed by atoms with Gasteiger partial charge in [-0.25, -0.2) is 0 Å². The zero-order valence-corrected chi connectivity index (χ0v) is 15.6. The molecule has 0 radical (unpaired) electrons. The third-order valence-electron chi connectivity index (χ3n) is 3.98. The third kappa shape index (κ3) is 4.62. The van der Waals surface area contributed by atoms with Crippen LogP contribution in [-0.4, -0.2) is 20.0 Å². The van der Waals surface area contributed by atoms with Crippen molar-refractivity contribution in [3.63, 3.8) is 0 Å². The molecule has 0 bridgehead atoms. The molecule has 3 rings (SSSR count). The molecule has 8 heteroatoms. The number of amides is 1. The van der Waals surface area contributed by atoms with E-state index < -0.39 is 10.0 Å². The lowest BCUT2D eigenvalue weighted by molar-refractivity contribution is -0.117. The van der Waals surface area contributed by atoms with Gasteiger partial charge in [0.15, 0.2) is 0 Å². The van der Waals surface area contributed by atoms with Gasteiger partial charge in [0.25, 0.3) is 10.0 Å². The van der Waals surface area contributed by atoms with Crippen molar-refractivity contribution in [2.75, 3.05) is 5.32 Å². The van der Waals surface area contributed by atoms with Crippen molar-refractivity contribution in [3.8, 4) is 0 Å². The van der Waals surface area contributed by atoms with Crippen molar-refractivity contribution >= 4 is 38.9 Å². The van der Waals surface area contributed by atoms with Crippen LogP contribution in [0, 0.1) is 5.92 Å². The monoisotopic (exact) mass is 391 g/mol. The topological polar surface area (TPSA) is 87.6 Å². The Labute approximate surface area is 157 Å². The molecule has 1 saturated carbocycles. The summed E-state index contributed by atoms with van der Waals surface area (Å²) >= 11 is 5.77. The number of rotatable bonds is 6. The molecule has 1 aliphatic rings. The van der Waals surface area contributed by atoms with Gasteiger partial charge in [0.05, 0.1) is 10.6 Å². The van der Waals surface area contributed by atoms with E-state index in [2.05, 4.69) is 15.2 Å². The first-order chi connectivity index (χ1) is 12.3. The van der Waals surface area contributed by atoms with Gasteiger partial charge in [0.2, 0.25) is 5.91 Å². The number of nitrogens with one attached hydrogen (secondary N) is 2. The minimum absolute atomic E-state index is 0.0406. The Morgan fingerprint density at radius 2 is 1.69 bits per heavy atom. The average Bonchev–Trinajstić information content (AvgIpc) is 3.46. The summed E-state index contributed by atoms with van der Waals surface area (Å²) in [5, 5.41) is 7.26. The van der Waals surface area contributed by atoms with Gasteiger partial charge in [-0.15, -0.1) is 0 Å². The van der Waals surface area contributed by atoms with Crippen LogP contribution in [0.15, 0.2) is 58.5 Å². The van der Waals surface area contributed by atoms with E-state index in [-0.39, 0.29) is 16.7 Å². The van der Waals surface area contributed by atoms with E-state index in [4.69, 9.17) is 11.6 Å². The van der Waals surface area contributed by atoms with E-state index in [9.17, 15) is 13.2 Å². The molecule has 0 aromatic heterocycles.